The van der Waals surface area contributed by atoms with Gasteiger partial charge in [0.2, 0.25) is 0 Å². The molecule has 0 aliphatic heterocycles. The summed E-state index contributed by atoms with van der Waals surface area (Å²) in [6, 6.07) is 4.57. The van der Waals surface area contributed by atoms with Gasteiger partial charge in [-0.1, -0.05) is 22.0 Å². The molecule has 0 aromatic heterocycles. The van der Waals surface area contributed by atoms with E-state index in [0.29, 0.717) is 12.0 Å². The van der Waals surface area contributed by atoms with E-state index in [1.54, 1.807) is 18.2 Å². The molecule has 1 aromatic rings. The van der Waals surface area contributed by atoms with Crippen LogP contribution in [-0.2, 0) is 16.5 Å². The summed E-state index contributed by atoms with van der Waals surface area (Å²) in [5.74, 6) is 0. The summed E-state index contributed by atoms with van der Waals surface area (Å²) in [7, 11) is -4.14. The molecule has 5 heteroatoms. The number of hydrogen-bond donors (Lipinski definition) is 1. The molecule has 0 aliphatic rings. The second kappa shape index (κ2) is 4.25. The van der Waals surface area contributed by atoms with Crippen molar-refractivity contribution in [2.24, 2.45) is 0 Å². The monoisotopic (exact) mass is 276 g/mol. The Bertz CT molecular complexity index is 451. The third kappa shape index (κ3) is 2.67. The normalized spacial score (nSPS) is 11.3. The molecular formula is C9H9BrO3S. The van der Waals surface area contributed by atoms with Gasteiger partial charge in [-0.05, 0) is 30.2 Å². The van der Waals surface area contributed by atoms with Gasteiger partial charge in [0, 0.05) is 4.47 Å². The Morgan fingerprint density at radius 1 is 1.50 bits per heavy atom. The number of halogens is 1. The standard InChI is InChI=1S/C9H9BrO3S/c1-2-3-7-6-8(10)4-5-9(7)14(11,12)13/h2,4-6H,1,3H2,(H,11,12,13). The van der Waals surface area contributed by atoms with Crippen LogP contribution >= 0.6 is 15.9 Å². The van der Waals surface area contributed by atoms with Crippen molar-refractivity contribution in [1.29, 1.82) is 0 Å². The van der Waals surface area contributed by atoms with Gasteiger partial charge in [-0.25, -0.2) is 0 Å². The highest BCUT2D eigenvalue weighted by molar-refractivity contribution is 9.10. The highest BCUT2D eigenvalue weighted by Crippen LogP contribution is 2.21. The molecule has 0 fully saturated rings. The van der Waals surface area contributed by atoms with Crippen molar-refractivity contribution in [2.75, 3.05) is 0 Å². The van der Waals surface area contributed by atoms with Crippen LogP contribution < -0.4 is 0 Å². The molecule has 1 aromatic carbocycles. The molecule has 0 spiro atoms. The van der Waals surface area contributed by atoms with Crippen LogP contribution in [0.5, 0.6) is 0 Å². The molecule has 76 valence electrons. The minimum Gasteiger partial charge on any atom is -0.282 e. The fourth-order valence-electron chi connectivity index (χ4n) is 1.11. The summed E-state index contributed by atoms with van der Waals surface area (Å²) >= 11 is 3.22. The Hall–Kier alpha value is -0.650. The highest BCUT2D eigenvalue weighted by Gasteiger charge is 2.14. The first-order chi connectivity index (χ1) is 6.45. The lowest BCUT2D eigenvalue weighted by Crippen LogP contribution is -2.02. The molecule has 1 N–H and O–H groups in total. The van der Waals surface area contributed by atoms with Crippen LogP contribution in [0, 0.1) is 0 Å². The van der Waals surface area contributed by atoms with Crippen molar-refractivity contribution in [3.8, 4) is 0 Å². The van der Waals surface area contributed by atoms with Gasteiger partial charge in [0.25, 0.3) is 10.1 Å². The second-order valence-electron chi connectivity index (χ2n) is 2.72. The molecule has 0 heterocycles. The zero-order chi connectivity index (χ0) is 10.8. The molecule has 3 nitrogen and oxygen atoms in total. The summed E-state index contributed by atoms with van der Waals surface area (Å²) in [5.41, 5.74) is 0.525. The minimum absolute atomic E-state index is 0.0689. The Morgan fingerprint density at radius 2 is 2.14 bits per heavy atom. The molecule has 0 amide bonds. The number of benzene rings is 1. The Balaban J connectivity index is 3.36. The zero-order valence-electron chi connectivity index (χ0n) is 7.27. The van der Waals surface area contributed by atoms with E-state index in [9.17, 15) is 8.42 Å². The van der Waals surface area contributed by atoms with Crippen LogP contribution in [0.1, 0.15) is 5.56 Å². The molecule has 0 radical (unpaired) electrons. The average molecular weight is 277 g/mol. The van der Waals surface area contributed by atoms with Crippen LogP contribution in [0.25, 0.3) is 0 Å². The SMILES string of the molecule is C=CCc1cc(Br)ccc1S(=O)(=O)O. The predicted molar refractivity (Wildman–Crippen MR) is 57.9 cm³/mol. The van der Waals surface area contributed by atoms with Gasteiger partial charge in [-0.15, -0.1) is 6.58 Å². The number of hydrogen-bond acceptors (Lipinski definition) is 2. The van der Waals surface area contributed by atoms with Crippen molar-refractivity contribution in [3.63, 3.8) is 0 Å². The van der Waals surface area contributed by atoms with Gasteiger partial charge in [0.1, 0.15) is 0 Å². The Labute approximate surface area is 91.3 Å². The van der Waals surface area contributed by atoms with E-state index in [2.05, 4.69) is 22.5 Å². The molecule has 0 saturated carbocycles. The lowest BCUT2D eigenvalue weighted by Gasteiger charge is -2.04. The minimum atomic E-state index is -4.14. The van der Waals surface area contributed by atoms with E-state index in [4.69, 9.17) is 4.55 Å². The molecule has 14 heavy (non-hydrogen) atoms. The molecule has 0 saturated heterocycles. The van der Waals surface area contributed by atoms with Crippen molar-refractivity contribution in [2.45, 2.75) is 11.3 Å². The van der Waals surface area contributed by atoms with Crippen molar-refractivity contribution < 1.29 is 13.0 Å². The van der Waals surface area contributed by atoms with E-state index in [0.717, 1.165) is 4.47 Å². The van der Waals surface area contributed by atoms with Crippen molar-refractivity contribution >= 4 is 26.0 Å². The van der Waals surface area contributed by atoms with E-state index < -0.39 is 10.1 Å². The first-order valence-corrected chi connectivity index (χ1v) is 6.05. The Kier molecular flexibility index (Phi) is 3.47. The van der Waals surface area contributed by atoms with Crippen LogP contribution in [0.2, 0.25) is 0 Å². The van der Waals surface area contributed by atoms with E-state index in [1.807, 2.05) is 0 Å². The first kappa shape index (κ1) is 11.4. The third-order valence-electron chi connectivity index (χ3n) is 1.66. The van der Waals surface area contributed by atoms with E-state index >= 15 is 0 Å². The smallest absolute Gasteiger partial charge is 0.282 e. The van der Waals surface area contributed by atoms with Crippen molar-refractivity contribution in [1.82, 2.24) is 0 Å². The second-order valence-corrected chi connectivity index (χ2v) is 5.03. The maximum absolute atomic E-state index is 10.9. The molecule has 1 rings (SSSR count). The fourth-order valence-corrected chi connectivity index (χ4v) is 2.24. The topological polar surface area (TPSA) is 54.4 Å². The van der Waals surface area contributed by atoms with Crippen molar-refractivity contribution in [3.05, 3.63) is 40.9 Å². The summed E-state index contributed by atoms with van der Waals surface area (Å²) in [6.07, 6.45) is 1.98. The Morgan fingerprint density at radius 3 is 2.64 bits per heavy atom. The highest BCUT2D eigenvalue weighted by atomic mass is 79.9. The van der Waals surface area contributed by atoms with Crippen LogP contribution in [0.4, 0.5) is 0 Å². The quantitative estimate of drug-likeness (QED) is 0.682. The molecule has 0 aliphatic carbocycles. The summed E-state index contributed by atoms with van der Waals surface area (Å²) in [4.78, 5) is -0.0689. The van der Waals surface area contributed by atoms with Crippen LogP contribution in [0.15, 0.2) is 40.2 Å². The van der Waals surface area contributed by atoms with Gasteiger partial charge in [-0.3, -0.25) is 4.55 Å². The largest absolute Gasteiger partial charge is 0.294 e. The van der Waals surface area contributed by atoms with Gasteiger partial charge in [0.05, 0.1) is 4.90 Å². The van der Waals surface area contributed by atoms with E-state index in [1.165, 1.54) is 6.07 Å². The van der Waals surface area contributed by atoms with Crippen LogP contribution in [0.3, 0.4) is 0 Å². The fraction of sp³-hybridized carbons (Fsp3) is 0.111. The molecule has 0 unspecified atom stereocenters. The van der Waals surface area contributed by atoms with Gasteiger partial charge < -0.3 is 0 Å². The summed E-state index contributed by atoms with van der Waals surface area (Å²) in [6.45, 7) is 3.52. The maximum atomic E-state index is 10.9. The first-order valence-electron chi connectivity index (χ1n) is 3.82. The average Bonchev–Trinajstić information content (AvgIpc) is 2.02. The zero-order valence-corrected chi connectivity index (χ0v) is 9.68. The number of rotatable bonds is 3. The van der Waals surface area contributed by atoms with E-state index in [-0.39, 0.29) is 4.90 Å². The predicted octanol–water partition coefficient (Wildman–Crippen LogP) is 2.42. The summed E-state index contributed by atoms with van der Waals surface area (Å²) < 4.78 is 31.6. The maximum Gasteiger partial charge on any atom is 0.294 e. The molecule has 0 atom stereocenters. The lowest BCUT2D eigenvalue weighted by atomic mass is 10.1. The van der Waals surface area contributed by atoms with Crippen LogP contribution in [-0.4, -0.2) is 13.0 Å². The van der Waals surface area contributed by atoms with Gasteiger partial charge in [-0.2, -0.15) is 8.42 Å². The molecule has 0 bridgehead atoms. The third-order valence-corrected chi connectivity index (χ3v) is 3.11. The summed E-state index contributed by atoms with van der Waals surface area (Å²) in [5, 5.41) is 0. The van der Waals surface area contributed by atoms with Gasteiger partial charge >= 0.3 is 0 Å². The van der Waals surface area contributed by atoms with Gasteiger partial charge in [0.15, 0.2) is 0 Å². The number of allylic oxidation sites excluding steroid dienone is 1. The lowest BCUT2D eigenvalue weighted by molar-refractivity contribution is 0.482. The molecular weight excluding hydrogens is 268 g/mol.